The maximum atomic E-state index is 10.8. The van der Waals surface area contributed by atoms with Gasteiger partial charge in [-0.2, -0.15) is 0 Å². The van der Waals surface area contributed by atoms with E-state index in [1.54, 1.807) is 24.3 Å². The zero-order valence-corrected chi connectivity index (χ0v) is 7.51. The third-order valence-electron chi connectivity index (χ3n) is 1.79. The number of carboxylic acids is 1. The second-order valence-corrected chi connectivity index (χ2v) is 2.76. The van der Waals surface area contributed by atoms with Gasteiger partial charge in [-0.1, -0.05) is 30.3 Å². The summed E-state index contributed by atoms with van der Waals surface area (Å²) in [5, 5.41) is 11.5. The molecule has 1 atom stereocenters. The lowest BCUT2D eigenvalue weighted by Crippen LogP contribution is -2.32. The van der Waals surface area contributed by atoms with Crippen LogP contribution in [0.3, 0.4) is 0 Å². The van der Waals surface area contributed by atoms with Crippen molar-refractivity contribution in [1.29, 1.82) is 0 Å². The number of benzene rings is 1. The van der Waals surface area contributed by atoms with E-state index in [0.29, 0.717) is 11.7 Å². The minimum Gasteiger partial charge on any atom is -0.480 e. The average molecular weight is 191 g/mol. The predicted octanol–water partition coefficient (Wildman–Crippen LogP) is -0.0564. The third-order valence-corrected chi connectivity index (χ3v) is 1.79. The van der Waals surface area contributed by atoms with Gasteiger partial charge in [0.1, 0.15) is 6.04 Å². The normalized spacial score (nSPS) is 11.7. The summed E-state index contributed by atoms with van der Waals surface area (Å²) in [6.07, 6.45) is 0.638. The highest BCUT2D eigenvalue weighted by atomic mass is 16.4. The van der Waals surface area contributed by atoms with Crippen molar-refractivity contribution in [3.05, 3.63) is 35.9 Å². The fourth-order valence-corrected chi connectivity index (χ4v) is 1.16. The number of carbonyl (C=O) groups is 2. The molecule has 0 fully saturated rings. The first-order valence-electron chi connectivity index (χ1n) is 4.20. The van der Waals surface area contributed by atoms with Crippen LogP contribution < -0.4 is 5.23 Å². The second kappa shape index (κ2) is 5.19. The number of hydrogen-bond donors (Lipinski definition) is 2. The standard InChI is InChI=1S/C9H10BNO3/c12-6-10-11-8(9(13)14)7-4-2-1-3-5-7/h1-6,8,10-11H,(H,13,14)/t8-/m0/s1. The van der Waals surface area contributed by atoms with E-state index in [4.69, 9.17) is 5.11 Å². The van der Waals surface area contributed by atoms with E-state index in [-0.39, 0.29) is 7.41 Å². The van der Waals surface area contributed by atoms with Gasteiger partial charge in [0.05, 0.1) is 6.19 Å². The van der Waals surface area contributed by atoms with E-state index in [1.165, 1.54) is 0 Å². The van der Waals surface area contributed by atoms with Crippen LogP contribution >= 0.6 is 0 Å². The molecule has 0 spiro atoms. The lowest BCUT2D eigenvalue weighted by atomic mass is 9.94. The molecule has 2 N–H and O–H groups in total. The quantitative estimate of drug-likeness (QED) is 0.505. The van der Waals surface area contributed by atoms with Crippen molar-refractivity contribution in [2.45, 2.75) is 6.04 Å². The lowest BCUT2D eigenvalue weighted by Gasteiger charge is -2.12. The van der Waals surface area contributed by atoms with Gasteiger partial charge in [-0.05, 0) is 5.56 Å². The SMILES string of the molecule is O=CBN[C@H](C(=O)O)c1ccccc1. The Morgan fingerprint density at radius 2 is 2.07 bits per heavy atom. The smallest absolute Gasteiger partial charge is 0.324 e. The Balaban J connectivity index is 2.78. The van der Waals surface area contributed by atoms with Crippen LogP contribution in [0, 0.1) is 0 Å². The molecule has 0 bridgehead atoms. The van der Waals surface area contributed by atoms with Gasteiger partial charge < -0.3 is 15.1 Å². The summed E-state index contributed by atoms with van der Waals surface area (Å²) < 4.78 is 0. The number of aliphatic carboxylic acids is 1. The molecule has 0 saturated carbocycles. The van der Waals surface area contributed by atoms with E-state index in [0.717, 1.165) is 0 Å². The molecule has 0 amide bonds. The summed E-state index contributed by atoms with van der Waals surface area (Å²) >= 11 is 0. The fourth-order valence-electron chi connectivity index (χ4n) is 1.16. The summed E-state index contributed by atoms with van der Waals surface area (Å²) in [6, 6.07) is 7.92. The Kier molecular flexibility index (Phi) is 3.88. The van der Waals surface area contributed by atoms with Crippen LogP contribution in [0.15, 0.2) is 30.3 Å². The monoisotopic (exact) mass is 191 g/mol. The Morgan fingerprint density at radius 3 is 2.57 bits per heavy atom. The highest BCUT2D eigenvalue weighted by Gasteiger charge is 2.17. The van der Waals surface area contributed by atoms with Gasteiger partial charge in [-0.25, -0.2) is 0 Å². The van der Waals surface area contributed by atoms with E-state index >= 15 is 0 Å². The Labute approximate surface area is 82.2 Å². The Hall–Kier alpha value is -1.62. The molecule has 0 saturated heterocycles. The lowest BCUT2D eigenvalue weighted by molar-refractivity contribution is -0.139. The molecule has 5 heteroatoms. The van der Waals surface area contributed by atoms with Crippen molar-refractivity contribution in [3.63, 3.8) is 0 Å². The summed E-state index contributed by atoms with van der Waals surface area (Å²) in [4.78, 5) is 20.9. The van der Waals surface area contributed by atoms with Gasteiger partial charge in [-0.15, -0.1) is 0 Å². The second-order valence-electron chi connectivity index (χ2n) is 2.76. The van der Waals surface area contributed by atoms with Gasteiger partial charge in [-0.3, -0.25) is 4.79 Å². The summed E-state index contributed by atoms with van der Waals surface area (Å²) in [5.74, 6) is -0.988. The van der Waals surface area contributed by atoms with E-state index in [2.05, 4.69) is 5.23 Å². The number of carbonyl (C=O) groups excluding carboxylic acids is 1. The minimum atomic E-state index is -0.988. The molecule has 1 aromatic carbocycles. The molecule has 1 rings (SSSR count). The van der Waals surface area contributed by atoms with E-state index in [1.807, 2.05) is 6.07 Å². The summed E-state index contributed by atoms with van der Waals surface area (Å²) in [7, 11) is 0.0336. The molecule has 0 aliphatic heterocycles. The summed E-state index contributed by atoms with van der Waals surface area (Å²) in [5.41, 5.74) is 0.641. The van der Waals surface area contributed by atoms with Crippen LogP contribution in [0.25, 0.3) is 0 Å². The number of nitrogens with one attached hydrogen (secondary N) is 1. The van der Waals surface area contributed by atoms with Gasteiger partial charge in [0, 0.05) is 0 Å². The number of rotatable bonds is 5. The van der Waals surface area contributed by atoms with Crippen LogP contribution in [-0.2, 0) is 9.59 Å². The van der Waals surface area contributed by atoms with E-state index < -0.39 is 12.0 Å². The minimum absolute atomic E-state index is 0.0336. The zero-order chi connectivity index (χ0) is 10.4. The first kappa shape index (κ1) is 10.5. The van der Waals surface area contributed by atoms with Gasteiger partial charge in [0.25, 0.3) is 7.41 Å². The van der Waals surface area contributed by atoms with Crippen LogP contribution in [0.4, 0.5) is 0 Å². The van der Waals surface area contributed by atoms with Crippen LogP contribution in [0.5, 0.6) is 0 Å². The van der Waals surface area contributed by atoms with Crippen molar-refractivity contribution < 1.29 is 14.7 Å². The Morgan fingerprint density at radius 1 is 1.43 bits per heavy atom. The molecule has 0 unspecified atom stereocenters. The predicted molar refractivity (Wildman–Crippen MR) is 53.9 cm³/mol. The van der Waals surface area contributed by atoms with Gasteiger partial charge >= 0.3 is 5.97 Å². The van der Waals surface area contributed by atoms with Crippen molar-refractivity contribution in [2.75, 3.05) is 0 Å². The summed E-state index contributed by atoms with van der Waals surface area (Å²) in [6.45, 7) is 0. The zero-order valence-electron chi connectivity index (χ0n) is 7.51. The van der Waals surface area contributed by atoms with Crippen molar-refractivity contribution in [1.82, 2.24) is 5.23 Å². The van der Waals surface area contributed by atoms with Crippen LogP contribution in [0.2, 0.25) is 0 Å². The van der Waals surface area contributed by atoms with E-state index in [9.17, 15) is 9.59 Å². The molecule has 0 aliphatic carbocycles. The molecule has 1 aromatic rings. The molecule has 72 valence electrons. The highest BCUT2D eigenvalue weighted by Crippen LogP contribution is 2.11. The van der Waals surface area contributed by atoms with Crippen molar-refractivity contribution in [2.24, 2.45) is 0 Å². The van der Waals surface area contributed by atoms with Crippen LogP contribution in [-0.4, -0.2) is 24.7 Å². The average Bonchev–Trinajstić information content (AvgIpc) is 2.19. The van der Waals surface area contributed by atoms with Crippen molar-refractivity contribution in [3.8, 4) is 0 Å². The third kappa shape index (κ3) is 2.71. The van der Waals surface area contributed by atoms with Crippen molar-refractivity contribution >= 4 is 19.6 Å². The molecule has 0 heterocycles. The fraction of sp³-hybridized carbons (Fsp3) is 0.111. The van der Waals surface area contributed by atoms with Gasteiger partial charge in [0.2, 0.25) is 0 Å². The Bertz CT molecular complexity index is 315. The maximum absolute atomic E-state index is 10.8. The molecule has 0 aliphatic rings. The number of hydrogen-bond acceptors (Lipinski definition) is 3. The topological polar surface area (TPSA) is 66.4 Å². The molecule has 4 nitrogen and oxygen atoms in total. The number of carboxylic acid groups (broad SMARTS) is 1. The van der Waals surface area contributed by atoms with Gasteiger partial charge in [0.15, 0.2) is 0 Å². The first-order chi connectivity index (χ1) is 6.75. The van der Waals surface area contributed by atoms with Crippen LogP contribution in [0.1, 0.15) is 11.6 Å². The molecular weight excluding hydrogens is 181 g/mol. The molecule has 14 heavy (non-hydrogen) atoms. The molecule has 0 radical (unpaired) electrons. The molecular formula is C9H10BNO3. The molecule has 0 aromatic heterocycles. The first-order valence-corrected chi connectivity index (χ1v) is 4.20. The largest absolute Gasteiger partial charge is 0.480 e. The highest BCUT2D eigenvalue weighted by molar-refractivity contribution is 6.64. The maximum Gasteiger partial charge on any atom is 0.324 e.